The number of nitrogens with two attached hydrogens (primary N) is 1. The van der Waals surface area contributed by atoms with Gasteiger partial charge in [0.05, 0.1) is 0 Å². The highest BCUT2D eigenvalue weighted by Crippen LogP contribution is 2.58. The molecule has 0 heterocycles. The number of alkyl halides is 2. The van der Waals surface area contributed by atoms with Crippen molar-refractivity contribution in [3.05, 3.63) is 0 Å². The molecular weight excluding hydrogens is 145 g/mol. The molecule has 0 radical (unpaired) electrons. The number of halogens is 2. The molecule has 1 fully saturated rings. The standard InChI is InChI=1S/C5H9Cl2N/c1-3-4(2-8)5(3,6)7/h3-4H,2,8H2,1H3/t3-,4+/m0/s1. The van der Waals surface area contributed by atoms with Crippen molar-refractivity contribution < 1.29 is 0 Å². The van der Waals surface area contributed by atoms with E-state index in [2.05, 4.69) is 0 Å². The molecule has 8 heavy (non-hydrogen) atoms. The third-order valence-electron chi connectivity index (χ3n) is 1.85. The Morgan fingerprint density at radius 2 is 2.00 bits per heavy atom. The Bertz CT molecular complexity index is 103. The van der Waals surface area contributed by atoms with Gasteiger partial charge in [0.1, 0.15) is 4.33 Å². The highest BCUT2D eigenvalue weighted by molar-refractivity contribution is 6.51. The maximum Gasteiger partial charge on any atom is 0.125 e. The quantitative estimate of drug-likeness (QED) is 0.567. The van der Waals surface area contributed by atoms with Crippen molar-refractivity contribution in [1.82, 2.24) is 0 Å². The molecule has 0 aliphatic heterocycles. The average Bonchev–Trinajstić information content (AvgIpc) is 2.09. The molecule has 1 aliphatic rings. The van der Waals surface area contributed by atoms with Crippen LogP contribution in [0.4, 0.5) is 0 Å². The Kier molecular flexibility index (Phi) is 1.46. The minimum atomic E-state index is -0.505. The molecular formula is C5H9Cl2N. The molecule has 3 heteroatoms. The van der Waals surface area contributed by atoms with E-state index in [9.17, 15) is 0 Å². The minimum Gasteiger partial charge on any atom is -0.330 e. The van der Waals surface area contributed by atoms with Crippen LogP contribution < -0.4 is 5.73 Å². The summed E-state index contributed by atoms with van der Waals surface area (Å²) < 4.78 is -0.505. The highest BCUT2D eigenvalue weighted by Gasteiger charge is 2.59. The van der Waals surface area contributed by atoms with Gasteiger partial charge in [-0.1, -0.05) is 6.92 Å². The fraction of sp³-hybridized carbons (Fsp3) is 1.00. The number of hydrogen-bond donors (Lipinski definition) is 1. The fourth-order valence-electron chi connectivity index (χ4n) is 0.921. The molecule has 1 rings (SSSR count). The van der Waals surface area contributed by atoms with Crippen LogP contribution in [0.5, 0.6) is 0 Å². The SMILES string of the molecule is C[C@H]1[C@@H](CN)C1(Cl)Cl. The van der Waals surface area contributed by atoms with Gasteiger partial charge >= 0.3 is 0 Å². The molecule has 0 amide bonds. The summed E-state index contributed by atoms with van der Waals surface area (Å²) in [6.07, 6.45) is 0. The van der Waals surface area contributed by atoms with Crippen LogP contribution in [-0.4, -0.2) is 10.9 Å². The van der Waals surface area contributed by atoms with Gasteiger partial charge in [-0.3, -0.25) is 0 Å². The summed E-state index contributed by atoms with van der Waals surface area (Å²) >= 11 is 11.5. The van der Waals surface area contributed by atoms with Gasteiger partial charge in [0.25, 0.3) is 0 Å². The topological polar surface area (TPSA) is 26.0 Å². The van der Waals surface area contributed by atoms with Crippen molar-refractivity contribution in [2.45, 2.75) is 11.3 Å². The first kappa shape index (κ1) is 6.66. The second-order valence-electron chi connectivity index (χ2n) is 2.31. The third-order valence-corrected chi connectivity index (χ3v) is 3.10. The maximum atomic E-state index is 5.74. The van der Waals surface area contributed by atoms with Crippen LogP contribution in [0.3, 0.4) is 0 Å². The van der Waals surface area contributed by atoms with Gasteiger partial charge in [0, 0.05) is 5.92 Å². The van der Waals surface area contributed by atoms with E-state index >= 15 is 0 Å². The molecule has 0 aromatic heterocycles. The van der Waals surface area contributed by atoms with Crippen molar-refractivity contribution in [2.75, 3.05) is 6.54 Å². The van der Waals surface area contributed by atoms with Crippen molar-refractivity contribution in [3.8, 4) is 0 Å². The van der Waals surface area contributed by atoms with Crippen molar-refractivity contribution in [2.24, 2.45) is 17.6 Å². The van der Waals surface area contributed by atoms with Gasteiger partial charge in [0.2, 0.25) is 0 Å². The van der Waals surface area contributed by atoms with E-state index in [1.54, 1.807) is 0 Å². The zero-order valence-electron chi connectivity index (χ0n) is 4.70. The smallest absolute Gasteiger partial charge is 0.125 e. The average molecular weight is 154 g/mol. The first-order chi connectivity index (χ1) is 3.60. The summed E-state index contributed by atoms with van der Waals surface area (Å²) in [5.74, 6) is 0.710. The fourth-order valence-corrected chi connectivity index (χ4v) is 1.66. The molecule has 0 saturated heterocycles. The molecule has 1 nitrogen and oxygen atoms in total. The summed E-state index contributed by atoms with van der Waals surface area (Å²) in [5, 5.41) is 0. The Morgan fingerprint density at radius 1 is 1.62 bits per heavy atom. The van der Waals surface area contributed by atoms with Crippen molar-refractivity contribution in [1.29, 1.82) is 0 Å². The van der Waals surface area contributed by atoms with E-state index in [1.807, 2.05) is 6.92 Å². The Hall–Kier alpha value is 0.540. The normalized spacial score (nSPS) is 42.0. The predicted molar refractivity (Wildman–Crippen MR) is 36.1 cm³/mol. The van der Waals surface area contributed by atoms with Gasteiger partial charge in [0.15, 0.2) is 0 Å². The molecule has 2 atom stereocenters. The van der Waals surface area contributed by atoms with Gasteiger partial charge in [-0.05, 0) is 12.5 Å². The summed E-state index contributed by atoms with van der Waals surface area (Å²) in [7, 11) is 0. The first-order valence-electron chi connectivity index (χ1n) is 2.68. The Balaban J connectivity index is 2.45. The van der Waals surface area contributed by atoms with E-state index in [1.165, 1.54) is 0 Å². The summed E-state index contributed by atoms with van der Waals surface area (Å²) in [5.41, 5.74) is 5.33. The lowest BCUT2D eigenvalue weighted by Crippen LogP contribution is -2.05. The van der Waals surface area contributed by atoms with E-state index in [0.717, 1.165) is 0 Å². The van der Waals surface area contributed by atoms with Crippen LogP contribution in [0.1, 0.15) is 6.92 Å². The van der Waals surface area contributed by atoms with Crippen LogP contribution in [0, 0.1) is 11.8 Å². The van der Waals surface area contributed by atoms with Crippen molar-refractivity contribution in [3.63, 3.8) is 0 Å². The zero-order valence-corrected chi connectivity index (χ0v) is 6.21. The van der Waals surface area contributed by atoms with E-state index < -0.39 is 4.33 Å². The van der Waals surface area contributed by atoms with Gasteiger partial charge in [-0.2, -0.15) is 0 Å². The van der Waals surface area contributed by atoms with Gasteiger partial charge in [-0.15, -0.1) is 23.2 Å². The Morgan fingerprint density at radius 3 is 2.00 bits per heavy atom. The second kappa shape index (κ2) is 1.76. The molecule has 1 saturated carbocycles. The monoisotopic (exact) mass is 153 g/mol. The maximum absolute atomic E-state index is 5.74. The summed E-state index contributed by atoms with van der Waals surface area (Å²) in [6, 6.07) is 0. The lowest BCUT2D eigenvalue weighted by molar-refractivity contribution is 0.760. The lowest BCUT2D eigenvalue weighted by Gasteiger charge is -1.90. The molecule has 1 aliphatic carbocycles. The number of hydrogen-bond acceptors (Lipinski definition) is 1. The predicted octanol–water partition coefficient (Wildman–Crippen LogP) is 1.38. The molecule has 0 aromatic rings. The third kappa shape index (κ3) is 0.734. The van der Waals surface area contributed by atoms with Crippen LogP contribution in [0.2, 0.25) is 0 Å². The van der Waals surface area contributed by atoms with Crippen molar-refractivity contribution >= 4 is 23.2 Å². The zero-order chi connectivity index (χ0) is 6.36. The molecule has 48 valence electrons. The van der Waals surface area contributed by atoms with E-state index in [4.69, 9.17) is 28.9 Å². The van der Waals surface area contributed by atoms with Gasteiger partial charge < -0.3 is 5.73 Å². The van der Waals surface area contributed by atoms with Crippen LogP contribution in [0.25, 0.3) is 0 Å². The van der Waals surface area contributed by atoms with Crippen LogP contribution in [-0.2, 0) is 0 Å². The summed E-state index contributed by atoms with van der Waals surface area (Å²) in [6.45, 7) is 2.62. The highest BCUT2D eigenvalue weighted by atomic mass is 35.5. The number of rotatable bonds is 1. The van der Waals surface area contributed by atoms with Crippen LogP contribution >= 0.6 is 23.2 Å². The summed E-state index contributed by atoms with van der Waals surface area (Å²) in [4.78, 5) is 0. The van der Waals surface area contributed by atoms with E-state index in [-0.39, 0.29) is 0 Å². The van der Waals surface area contributed by atoms with E-state index in [0.29, 0.717) is 18.4 Å². The Labute approximate surface area is 59.1 Å². The lowest BCUT2D eigenvalue weighted by atomic mass is 10.3. The molecule has 0 unspecified atom stereocenters. The molecule has 2 N–H and O–H groups in total. The molecule has 0 aromatic carbocycles. The second-order valence-corrected chi connectivity index (χ2v) is 3.75. The largest absolute Gasteiger partial charge is 0.330 e. The van der Waals surface area contributed by atoms with Gasteiger partial charge in [-0.25, -0.2) is 0 Å². The first-order valence-corrected chi connectivity index (χ1v) is 3.44. The molecule has 0 spiro atoms. The minimum absolute atomic E-state index is 0.325. The molecule has 0 bridgehead atoms. The van der Waals surface area contributed by atoms with Crippen LogP contribution in [0.15, 0.2) is 0 Å².